The van der Waals surface area contributed by atoms with Crippen molar-refractivity contribution in [3.8, 4) is 11.5 Å². The van der Waals surface area contributed by atoms with Crippen LogP contribution in [0.2, 0.25) is 0 Å². The fourth-order valence-corrected chi connectivity index (χ4v) is 4.45. The highest BCUT2D eigenvalue weighted by Gasteiger charge is 2.32. The molecular formula is C19H26N4O2S. The van der Waals surface area contributed by atoms with Crippen LogP contribution in [0, 0.1) is 0 Å². The van der Waals surface area contributed by atoms with E-state index in [1.807, 2.05) is 18.2 Å². The van der Waals surface area contributed by atoms with Crippen LogP contribution in [-0.2, 0) is 5.75 Å². The van der Waals surface area contributed by atoms with Gasteiger partial charge in [-0.05, 0) is 50.3 Å². The minimum Gasteiger partial charge on any atom is -0.497 e. The van der Waals surface area contributed by atoms with Crippen molar-refractivity contribution in [3.05, 3.63) is 23.8 Å². The number of methoxy groups -OCH3 is 2. The van der Waals surface area contributed by atoms with Gasteiger partial charge in [0.1, 0.15) is 11.5 Å². The van der Waals surface area contributed by atoms with Gasteiger partial charge in [0.05, 0.1) is 14.2 Å². The molecular weight excluding hydrogens is 348 g/mol. The monoisotopic (exact) mass is 374 g/mol. The highest BCUT2D eigenvalue weighted by molar-refractivity contribution is 7.98. The first kappa shape index (κ1) is 17.5. The third-order valence-corrected chi connectivity index (χ3v) is 6.03. The van der Waals surface area contributed by atoms with Gasteiger partial charge in [0.2, 0.25) is 5.95 Å². The van der Waals surface area contributed by atoms with E-state index in [0.717, 1.165) is 47.0 Å². The van der Waals surface area contributed by atoms with Crippen LogP contribution in [-0.4, -0.2) is 42.1 Å². The largest absolute Gasteiger partial charge is 0.497 e. The van der Waals surface area contributed by atoms with E-state index in [1.165, 1.54) is 32.1 Å². The Hall–Kier alpha value is -1.89. The van der Waals surface area contributed by atoms with E-state index >= 15 is 0 Å². The summed E-state index contributed by atoms with van der Waals surface area (Å²) in [5, 5.41) is 10.1. The van der Waals surface area contributed by atoms with Crippen molar-refractivity contribution in [2.75, 3.05) is 32.2 Å². The number of thioether (sulfide) groups is 1. The molecule has 1 aromatic heterocycles. The third-order valence-electron chi connectivity index (χ3n) is 5.04. The second-order valence-electron chi connectivity index (χ2n) is 6.90. The summed E-state index contributed by atoms with van der Waals surface area (Å²) < 4.78 is 13.2. The smallest absolute Gasteiger partial charge is 0.228 e. The van der Waals surface area contributed by atoms with E-state index in [-0.39, 0.29) is 0 Å². The van der Waals surface area contributed by atoms with Crippen LogP contribution in [0.3, 0.4) is 0 Å². The summed E-state index contributed by atoms with van der Waals surface area (Å²) in [4.78, 5) is 2.41. The van der Waals surface area contributed by atoms with Crippen molar-refractivity contribution in [2.24, 2.45) is 0 Å². The average Bonchev–Trinajstić information content (AvgIpc) is 3.45. The molecule has 1 saturated heterocycles. The van der Waals surface area contributed by atoms with Crippen molar-refractivity contribution in [3.63, 3.8) is 0 Å². The van der Waals surface area contributed by atoms with Crippen molar-refractivity contribution in [2.45, 2.75) is 49.1 Å². The van der Waals surface area contributed by atoms with Crippen molar-refractivity contribution in [1.82, 2.24) is 14.8 Å². The molecule has 0 N–H and O–H groups in total. The van der Waals surface area contributed by atoms with E-state index < -0.39 is 0 Å². The fraction of sp³-hybridized carbons (Fsp3) is 0.579. The molecule has 26 heavy (non-hydrogen) atoms. The molecule has 1 aliphatic carbocycles. The fourth-order valence-electron chi connectivity index (χ4n) is 3.47. The standard InChI is InChI=1S/C19H26N4O2S/c1-24-16-8-9-17(25-2)14(12-16)13-26-19-21-20-18(23(19)15-6-7-15)22-10-4-3-5-11-22/h8-9,12,15H,3-7,10-11,13H2,1-2H3. The summed E-state index contributed by atoms with van der Waals surface area (Å²) in [5.74, 6) is 3.57. The molecule has 0 amide bonds. The van der Waals surface area contributed by atoms with Gasteiger partial charge in [0.25, 0.3) is 0 Å². The predicted octanol–water partition coefficient (Wildman–Crippen LogP) is 3.91. The number of hydrogen-bond donors (Lipinski definition) is 0. The maximum atomic E-state index is 5.50. The highest BCUT2D eigenvalue weighted by atomic mass is 32.2. The Kier molecular flexibility index (Phi) is 5.24. The molecule has 0 atom stereocenters. The Morgan fingerprint density at radius 1 is 1.08 bits per heavy atom. The summed E-state index contributed by atoms with van der Waals surface area (Å²) in [6.45, 7) is 2.19. The van der Waals surface area contributed by atoms with Gasteiger partial charge in [-0.15, -0.1) is 10.2 Å². The quantitative estimate of drug-likeness (QED) is 0.685. The highest BCUT2D eigenvalue weighted by Crippen LogP contribution is 2.42. The minimum absolute atomic E-state index is 0.566. The second kappa shape index (κ2) is 7.78. The molecule has 1 aromatic carbocycles. The SMILES string of the molecule is COc1ccc(OC)c(CSc2nnc(N3CCCCC3)n2C2CC2)c1. The zero-order valence-corrected chi connectivity index (χ0v) is 16.3. The van der Waals surface area contributed by atoms with Gasteiger partial charge in [-0.25, -0.2) is 0 Å². The topological polar surface area (TPSA) is 52.4 Å². The second-order valence-corrected chi connectivity index (χ2v) is 7.84. The molecule has 0 unspecified atom stereocenters. The predicted molar refractivity (Wildman–Crippen MR) is 103 cm³/mol. The molecule has 2 aromatic rings. The molecule has 0 spiro atoms. The normalized spacial score (nSPS) is 17.4. The first-order chi connectivity index (χ1) is 12.8. The van der Waals surface area contributed by atoms with E-state index in [1.54, 1.807) is 26.0 Å². The van der Waals surface area contributed by atoms with Gasteiger partial charge in [-0.3, -0.25) is 4.57 Å². The van der Waals surface area contributed by atoms with Gasteiger partial charge in [-0.1, -0.05) is 11.8 Å². The van der Waals surface area contributed by atoms with Gasteiger partial charge in [0.15, 0.2) is 5.16 Å². The lowest BCUT2D eigenvalue weighted by atomic mass is 10.1. The van der Waals surface area contributed by atoms with Crippen LogP contribution in [0.25, 0.3) is 0 Å². The summed E-state index contributed by atoms with van der Waals surface area (Å²) in [6.07, 6.45) is 6.29. The molecule has 2 aliphatic rings. The number of anilines is 1. The Morgan fingerprint density at radius 3 is 2.58 bits per heavy atom. The van der Waals surface area contributed by atoms with Crippen LogP contribution in [0.4, 0.5) is 5.95 Å². The van der Waals surface area contributed by atoms with Crippen LogP contribution >= 0.6 is 11.8 Å². The number of benzene rings is 1. The molecule has 1 saturated carbocycles. The lowest BCUT2D eigenvalue weighted by molar-refractivity contribution is 0.400. The number of rotatable bonds is 7. The summed E-state index contributed by atoms with van der Waals surface area (Å²) >= 11 is 1.73. The number of hydrogen-bond acceptors (Lipinski definition) is 6. The van der Waals surface area contributed by atoms with Crippen LogP contribution in [0.1, 0.15) is 43.7 Å². The lowest BCUT2D eigenvalue weighted by Crippen LogP contribution is -2.31. The van der Waals surface area contributed by atoms with Crippen molar-refractivity contribution < 1.29 is 9.47 Å². The van der Waals surface area contributed by atoms with E-state index in [4.69, 9.17) is 9.47 Å². The van der Waals surface area contributed by atoms with Crippen molar-refractivity contribution in [1.29, 1.82) is 0 Å². The Labute approximate surface area is 158 Å². The Balaban J connectivity index is 1.54. The summed E-state index contributed by atoms with van der Waals surface area (Å²) in [7, 11) is 3.39. The minimum atomic E-state index is 0.566. The summed E-state index contributed by atoms with van der Waals surface area (Å²) in [6, 6.07) is 6.49. The molecule has 1 aliphatic heterocycles. The Bertz CT molecular complexity index is 754. The molecule has 140 valence electrons. The van der Waals surface area contributed by atoms with E-state index in [2.05, 4.69) is 19.7 Å². The third kappa shape index (κ3) is 3.63. The van der Waals surface area contributed by atoms with E-state index in [9.17, 15) is 0 Å². The van der Waals surface area contributed by atoms with Crippen LogP contribution in [0.5, 0.6) is 11.5 Å². The molecule has 2 heterocycles. The lowest BCUT2D eigenvalue weighted by Gasteiger charge is -2.27. The number of piperidine rings is 1. The molecule has 0 radical (unpaired) electrons. The average molecular weight is 375 g/mol. The molecule has 7 heteroatoms. The Morgan fingerprint density at radius 2 is 1.88 bits per heavy atom. The zero-order valence-electron chi connectivity index (χ0n) is 15.5. The maximum Gasteiger partial charge on any atom is 0.228 e. The van der Waals surface area contributed by atoms with Gasteiger partial charge in [-0.2, -0.15) is 0 Å². The molecule has 4 rings (SSSR count). The van der Waals surface area contributed by atoms with Gasteiger partial charge >= 0.3 is 0 Å². The zero-order chi connectivity index (χ0) is 17.9. The number of nitrogens with zero attached hydrogens (tertiary/aromatic N) is 4. The van der Waals surface area contributed by atoms with E-state index in [0.29, 0.717) is 6.04 Å². The molecule has 0 bridgehead atoms. The molecule has 2 fully saturated rings. The van der Waals surface area contributed by atoms with Gasteiger partial charge < -0.3 is 14.4 Å². The molecule has 6 nitrogen and oxygen atoms in total. The first-order valence-corrected chi connectivity index (χ1v) is 10.3. The number of ether oxygens (including phenoxy) is 2. The summed E-state index contributed by atoms with van der Waals surface area (Å²) in [5.41, 5.74) is 1.11. The first-order valence-electron chi connectivity index (χ1n) is 9.33. The maximum absolute atomic E-state index is 5.50. The van der Waals surface area contributed by atoms with Gasteiger partial charge in [0, 0.05) is 30.4 Å². The van der Waals surface area contributed by atoms with Crippen LogP contribution < -0.4 is 14.4 Å². The number of aromatic nitrogens is 3. The van der Waals surface area contributed by atoms with Crippen molar-refractivity contribution >= 4 is 17.7 Å². The van der Waals surface area contributed by atoms with Crippen LogP contribution in [0.15, 0.2) is 23.4 Å².